The number of amides is 2. The molecule has 7 atom stereocenters. The standard InChI is InChI=1S/C34H53N3O9/c1-23(2)9-11-27-33(5,46-27)32(4)29(42-6)26(13-14-34(32)22-44-34)45-31(41)36-18-16-35(17-19-36)20-21-43-30(40)25-8-7-15-37(25)28(39)12-10-24(3)38/h9,25-27,29H,7-8,10-22H2,1-6H3/t25-,26+,27+,29+,32+,33?,34-/m0/s1. The van der Waals surface area contributed by atoms with Crippen LogP contribution in [0.25, 0.3) is 0 Å². The predicted octanol–water partition coefficient (Wildman–Crippen LogP) is 3.11. The number of piperazine rings is 1. The van der Waals surface area contributed by atoms with Crippen molar-refractivity contribution in [1.29, 1.82) is 0 Å². The van der Waals surface area contributed by atoms with Gasteiger partial charge in [0, 0.05) is 59.2 Å². The maximum Gasteiger partial charge on any atom is 0.410 e. The molecule has 4 heterocycles. The Hall–Kier alpha value is -2.54. The third-order valence-corrected chi connectivity index (χ3v) is 11.2. The van der Waals surface area contributed by atoms with E-state index in [1.807, 2.05) is 0 Å². The first kappa shape index (κ1) is 34.8. The number of Topliss-reactive ketones (excluding diaryl/α,β-unsaturated/α-hetero) is 1. The molecule has 2 amide bonds. The van der Waals surface area contributed by atoms with E-state index in [4.69, 9.17) is 23.7 Å². The maximum absolute atomic E-state index is 13.4. The number of epoxide rings is 2. The van der Waals surface area contributed by atoms with Gasteiger partial charge in [-0.25, -0.2) is 9.59 Å². The highest BCUT2D eigenvalue weighted by atomic mass is 16.6. The van der Waals surface area contributed by atoms with Crippen LogP contribution in [0, 0.1) is 5.41 Å². The Bertz CT molecular complexity index is 1190. The van der Waals surface area contributed by atoms with Crippen molar-refractivity contribution in [3.05, 3.63) is 11.6 Å². The molecule has 0 radical (unpaired) electrons. The number of hydrogen-bond acceptors (Lipinski definition) is 10. The van der Waals surface area contributed by atoms with Gasteiger partial charge in [0.2, 0.25) is 5.91 Å². The minimum absolute atomic E-state index is 0.0418. The van der Waals surface area contributed by atoms with Gasteiger partial charge in [0.15, 0.2) is 0 Å². The Morgan fingerprint density at radius 1 is 0.978 bits per heavy atom. The molecule has 12 heteroatoms. The SMILES string of the molecule is CO[C@@H]1[C@H](OC(=O)N2CCN(CCOC(=O)[C@@H]3CCCN3C(=O)CCC(C)=O)CC2)CC[C@]2(CO2)[C@@]1(C)C1(C)O[C@@H]1CC=C(C)C. The molecule has 12 nitrogen and oxygen atoms in total. The molecule has 5 aliphatic rings. The first-order valence-corrected chi connectivity index (χ1v) is 17.0. The Morgan fingerprint density at radius 3 is 2.33 bits per heavy atom. The molecule has 0 aromatic heterocycles. The van der Waals surface area contributed by atoms with Gasteiger partial charge in [-0.15, -0.1) is 0 Å². The average Bonchev–Trinajstić information content (AvgIpc) is 3.89. The van der Waals surface area contributed by atoms with Gasteiger partial charge in [0.05, 0.1) is 18.1 Å². The van der Waals surface area contributed by atoms with Crippen molar-refractivity contribution in [3.63, 3.8) is 0 Å². The number of esters is 1. The van der Waals surface area contributed by atoms with Gasteiger partial charge < -0.3 is 38.3 Å². The van der Waals surface area contributed by atoms with Gasteiger partial charge in [0.1, 0.15) is 41.8 Å². The van der Waals surface area contributed by atoms with E-state index in [1.165, 1.54) is 12.5 Å². The van der Waals surface area contributed by atoms with Gasteiger partial charge in [-0.1, -0.05) is 18.6 Å². The van der Waals surface area contributed by atoms with E-state index in [-0.39, 0.29) is 55.0 Å². The minimum Gasteiger partial charge on any atom is -0.463 e. The molecule has 5 rings (SSSR count). The second-order valence-electron chi connectivity index (χ2n) is 14.3. The van der Waals surface area contributed by atoms with Gasteiger partial charge in [-0.3, -0.25) is 9.69 Å². The number of nitrogens with zero attached hydrogens (tertiary/aromatic N) is 3. The summed E-state index contributed by atoms with van der Waals surface area (Å²) < 4.78 is 30.4. The van der Waals surface area contributed by atoms with Crippen molar-refractivity contribution in [2.75, 3.05) is 59.6 Å². The summed E-state index contributed by atoms with van der Waals surface area (Å²) in [5, 5.41) is 0. The van der Waals surface area contributed by atoms with Crippen molar-refractivity contribution in [3.8, 4) is 0 Å². The number of ether oxygens (including phenoxy) is 5. The van der Waals surface area contributed by atoms with Crippen LogP contribution < -0.4 is 0 Å². The van der Waals surface area contributed by atoms with Crippen LogP contribution in [0.5, 0.6) is 0 Å². The Balaban J connectivity index is 1.08. The van der Waals surface area contributed by atoms with Gasteiger partial charge in [0.25, 0.3) is 0 Å². The second-order valence-corrected chi connectivity index (χ2v) is 14.3. The van der Waals surface area contributed by atoms with Crippen LogP contribution >= 0.6 is 0 Å². The normalized spacial score (nSPS) is 35.5. The molecule has 4 aliphatic heterocycles. The van der Waals surface area contributed by atoms with Crippen molar-refractivity contribution >= 4 is 23.8 Å². The van der Waals surface area contributed by atoms with Crippen molar-refractivity contribution in [2.24, 2.45) is 5.41 Å². The van der Waals surface area contributed by atoms with Crippen LogP contribution in [0.15, 0.2) is 11.6 Å². The molecule has 1 aliphatic carbocycles. The van der Waals surface area contributed by atoms with E-state index in [0.717, 1.165) is 19.3 Å². The van der Waals surface area contributed by atoms with Crippen LogP contribution in [-0.4, -0.2) is 134 Å². The minimum atomic E-state index is -0.581. The summed E-state index contributed by atoms with van der Waals surface area (Å²) in [6.45, 7) is 14.2. The molecule has 0 aromatic carbocycles. The third-order valence-electron chi connectivity index (χ3n) is 11.2. The zero-order valence-electron chi connectivity index (χ0n) is 28.5. The number of allylic oxidation sites excluding steroid dienone is 1. The predicted molar refractivity (Wildman–Crippen MR) is 168 cm³/mol. The molecule has 4 saturated heterocycles. The quantitative estimate of drug-likeness (QED) is 0.177. The largest absolute Gasteiger partial charge is 0.463 e. The fourth-order valence-electron chi connectivity index (χ4n) is 7.99. The highest BCUT2D eigenvalue weighted by molar-refractivity contribution is 5.87. The van der Waals surface area contributed by atoms with Gasteiger partial charge >= 0.3 is 12.1 Å². The number of likely N-dealkylation sites (tertiary alicyclic amines) is 1. The second kappa shape index (κ2) is 13.9. The van der Waals surface area contributed by atoms with Crippen LogP contribution in [0.1, 0.15) is 79.6 Å². The number of rotatable bonds is 12. The van der Waals surface area contributed by atoms with Gasteiger partial charge in [-0.05, 0) is 59.8 Å². The van der Waals surface area contributed by atoms with Crippen molar-refractivity contribution in [1.82, 2.24) is 14.7 Å². The zero-order valence-corrected chi connectivity index (χ0v) is 28.5. The fraction of sp³-hybridized carbons (Fsp3) is 0.824. The lowest BCUT2D eigenvalue weighted by Gasteiger charge is -2.51. The summed E-state index contributed by atoms with van der Waals surface area (Å²) in [5.74, 6) is -0.610. The molecule has 46 heavy (non-hydrogen) atoms. The molecule has 1 saturated carbocycles. The van der Waals surface area contributed by atoms with E-state index in [1.54, 1.807) is 16.9 Å². The van der Waals surface area contributed by atoms with E-state index < -0.39 is 29.1 Å². The lowest BCUT2D eigenvalue weighted by atomic mass is 9.57. The molecule has 0 bridgehead atoms. The van der Waals surface area contributed by atoms with E-state index in [2.05, 4.69) is 38.7 Å². The lowest BCUT2D eigenvalue weighted by molar-refractivity contribution is -0.171. The fourth-order valence-corrected chi connectivity index (χ4v) is 7.99. The maximum atomic E-state index is 13.4. The number of hydrogen-bond donors (Lipinski definition) is 0. The van der Waals surface area contributed by atoms with Gasteiger partial charge in [-0.2, -0.15) is 0 Å². The van der Waals surface area contributed by atoms with Crippen LogP contribution in [0.2, 0.25) is 0 Å². The van der Waals surface area contributed by atoms with Crippen molar-refractivity contribution in [2.45, 2.75) is 115 Å². The molecule has 1 spiro atoms. The topological polar surface area (TPSA) is 131 Å². The number of carbonyl (C=O) groups is 4. The summed E-state index contributed by atoms with van der Waals surface area (Å²) in [6, 6.07) is -0.581. The van der Waals surface area contributed by atoms with E-state index in [9.17, 15) is 19.2 Å². The first-order valence-electron chi connectivity index (χ1n) is 17.0. The first-order chi connectivity index (χ1) is 21.8. The molecule has 1 unspecified atom stereocenters. The lowest BCUT2D eigenvalue weighted by Crippen LogP contribution is -2.64. The average molecular weight is 648 g/mol. The number of ketones is 1. The monoisotopic (exact) mass is 647 g/mol. The van der Waals surface area contributed by atoms with Crippen LogP contribution in [0.4, 0.5) is 4.79 Å². The van der Waals surface area contributed by atoms with Crippen LogP contribution in [-0.2, 0) is 38.1 Å². The Morgan fingerprint density at radius 2 is 1.70 bits per heavy atom. The molecular weight excluding hydrogens is 594 g/mol. The number of carbonyl (C=O) groups excluding carboxylic acids is 4. The number of methoxy groups -OCH3 is 1. The van der Waals surface area contributed by atoms with E-state index in [0.29, 0.717) is 58.7 Å². The summed E-state index contributed by atoms with van der Waals surface area (Å²) in [4.78, 5) is 55.3. The van der Waals surface area contributed by atoms with Crippen LogP contribution in [0.3, 0.4) is 0 Å². The third kappa shape index (κ3) is 6.86. The molecule has 0 N–H and O–H groups in total. The van der Waals surface area contributed by atoms with Crippen molar-refractivity contribution < 1.29 is 42.9 Å². The highest BCUT2D eigenvalue weighted by Gasteiger charge is 2.79. The molecule has 258 valence electrons. The summed E-state index contributed by atoms with van der Waals surface area (Å²) in [5.41, 5.74) is -0.00329. The smallest absolute Gasteiger partial charge is 0.410 e. The summed E-state index contributed by atoms with van der Waals surface area (Å²) in [7, 11) is 1.68. The molecular formula is C34H53N3O9. The zero-order chi connectivity index (χ0) is 33.3. The summed E-state index contributed by atoms with van der Waals surface area (Å²) in [6.07, 6.45) is 5.05. The Labute approximate surface area is 273 Å². The highest BCUT2D eigenvalue weighted by Crippen LogP contribution is 2.67. The summed E-state index contributed by atoms with van der Waals surface area (Å²) >= 11 is 0. The Kier molecular flexibility index (Phi) is 10.5. The molecule has 5 fully saturated rings. The van der Waals surface area contributed by atoms with E-state index >= 15 is 0 Å². The molecule has 0 aromatic rings.